The second-order valence-electron chi connectivity index (χ2n) is 6.01. The van der Waals surface area contributed by atoms with E-state index in [1.807, 2.05) is 4.90 Å². The maximum atomic E-state index is 12.6. The molecule has 7 nitrogen and oxygen atoms in total. The minimum Gasteiger partial charge on any atom is -0.360 e. The molecule has 0 radical (unpaired) electrons. The van der Waals surface area contributed by atoms with E-state index in [-0.39, 0.29) is 17.9 Å². The van der Waals surface area contributed by atoms with Gasteiger partial charge in [-0.3, -0.25) is 14.5 Å². The van der Waals surface area contributed by atoms with Crippen LogP contribution in [0.5, 0.6) is 0 Å². The maximum absolute atomic E-state index is 12.6. The highest BCUT2D eigenvalue weighted by Crippen LogP contribution is 2.16. The number of hydrogen-bond acceptors (Lipinski definition) is 5. The number of rotatable bonds is 6. The first-order valence-electron chi connectivity index (χ1n) is 8.25. The summed E-state index contributed by atoms with van der Waals surface area (Å²) in [6, 6.07) is 1.52. The first-order chi connectivity index (χ1) is 11.0. The van der Waals surface area contributed by atoms with Crippen molar-refractivity contribution in [3.63, 3.8) is 0 Å². The van der Waals surface area contributed by atoms with Crippen molar-refractivity contribution in [3.8, 4) is 0 Å². The van der Waals surface area contributed by atoms with Gasteiger partial charge in [0.15, 0.2) is 5.82 Å². The highest BCUT2D eigenvalue weighted by molar-refractivity contribution is 5.94. The third-order valence-corrected chi connectivity index (χ3v) is 4.21. The predicted octanol–water partition coefficient (Wildman–Crippen LogP) is 1.64. The van der Waals surface area contributed by atoms with Crippen LogP contribution in [0.2, 0.25) is 0 Å². The van der Waals surface area contributed by atoms with E-state index < -0.39 is 0 Å². The fourth-order valence-corrected chi connectivity index (χ4v) is 2.86. The highest BCUT2D eigenvalue weighted by atomic mass is 16.5. The standard InChI is InChI=1S/C16H26N4O3/c1-4-5-6-14(16(22)17-15-11-12(2)23-18-15)20-9-7-19(8-10-20)13(3)21/h11,14H,4-10H2,1-3H3,(H,17,18,22)/t14-/m0/s1. The molecule has 7 heteroatoms. The molecule has 0 unspecified atom stereocenters. The van der Waals surface area contributed by atoms with Crippen LogP contribution < -0.4 is 5.32 Å². The van der Waals surface area contributed by atoms with Crippen molar-refractivity contribution in [3.05, 3.63) is 11.8 Å². The second-order valence-corrected chi connectivity index (χ2v) is 6.01. The van der Waals surface area contributed by atoms with Crippen molar-refractivity contribution in [1.82, 2.24) is 15.0 Å². The summed E-state index contributed by atoms with van der Waals surface area (Å²) in [5.41, 5.74) is 0. The van der Waals surface area contributed by atoms with Gasteiger partial charge in [0.2, 0.25) is 11.8 Å². The molecule has 0 spiro atoms. The largest absolute Gasteiger partial charge is 0.360 e. The normalized spacial score (nSPS) is 17.1. The van der Waals surface area contributed by atoms with Crippen molar-refractivity contribution in [2.24, 2.45) is 0 Å². The Bertz CT molecular complexity index is 535. The summed E-state index contributed by atoms with van der Waals surface area (Å²) < 4.78 is 4.99. The number of anilines is 1. The van der Waals surface area contributed by atoms with Gasteiger partial charge in [-0.1, -0.05) is 24.9 Å². The molecule has 1 saturated heterocycles. The average Bonchev–Trinajstić information content (AvgIpc) is 2.93. The molecule has 2 rings (SSSR count). The Morgan fingerprint density at radius 3 is 2.57 bits per heavy atom. The lowest BCUT2D eigenvalue weighted by Gasteiger charge is -2.38. The Kier molecular flexibility index (Phi) is 6.15. The minimum absolute atomic E-state index is 0.0528. The van der Waals surface area contributed by atoms with Gasteiger partial charge < -0.3 is 14.7 Å². The number of aryl methyl sites for hydroxylation is 1. The summed E-state index contributed by atoms with van der Waals surface area (Å²) in [6.07, 6.45) is 2.84. The third kappa shape index (κ3) is 4.79. The Labute approximate surface area is 137 Å². The molecule has 1 aliphatic heterocycles. The van der Waals surface area contributed by atoms with Crippen molar-refractivity contribution in [2.75, 3.05) is 31.5 Å². The molecule has 1 aliphatic rings. The summed E-state index contributed by atoms with van der Waals surface area (Å²) in [5, 5.41) is 6.66. The summed E-state index contributed by atoms with van der Waals surface area (Å²) in [6.45, 7) is 8.28. The molecule has 1 fully saturated rings. The molecule has 0 aliphatic carbocycles. The smallest absolute Gasteiger partial charge is 0.242 e. The van der Waals surface area contributed by atoms with Gasteiger partial charge in [0.25, 0.3) is 0 Å². The molecule has 1 aromatic heterocycles. The molecule has 23 heavy (non-hydrogen) atoms. The molecular weight excluding hydrogens is 296 g/mol. The quantitative estimate of drug-likeness (QED) is 0.861. The SMILES string of the molecule is CCCC[C@@H](C(=O)Nc1cc(C)on1)N1CCN(C(C)=O)CC1. The number of aromatic nitrogens is 1. The van der Waals surface area contributed by atoms with Crippen LogP contribution in [-0.2, 0) is 9.59 Å². The zero-order valence-electron chi connectivity index (χ0n) is 14.2. The molecular formula is C16H26N4O3. The number of amides is 2. The fourth-order valence-electron chi connectivity index (χ4n) is 2.86. The van der Waals surface area contributed by atoms with Gasteiger partial charge in [-0.05, 0) is 13.3 Å². The summed E-state index contributed by atoms with van der Waals surface area (Å²) in [4.78, 5) is 28.1. The Balaban J connectivity index is 1.98. The summed E-state index contributed by atoms with van der Waals surface area (Å²) in [5.74, 6) is 1.16. The predicted molar refractivity (Wildman–Crippen MR) is 87.0 cm³/mol. The minimum atomic E-state index is -0.193. The van der Waals surface area contributed by atoms with Crippen LogP contribution in [0.15, 0.2) is 10.6 Å². The number of hydrogen-bond donors (Lipinski definition) is 1. The zero-order chi connectivity index (χ0) is 16.8. The number of nitrogens with one attached hydrogen (secondary N) is 1. The van der Waals surface area contributed by atoms with Gasteiger partial charge in [-0.2, -0.15) is 0 Å². The lowest BCUT2D eigenvalue weighted by atomic mass is 10.1. The van der Waals surface area contributed by atoms with Crippen LogP contribution >= 0.6 is 0 Å². The van der Waals surface area contributed by atoms with Gasteiger partial charge in [0.1, 0.15) is 5.76 Å². The molecule has 0 bridgehead atoms. The van der Waals surface area contributed by atoms with Gasteiger partial charge >= 0.3 is 0 Å². The lowest BCUT2D eigenvalue weighted by molar-refractivity contribution is -0.131. The number of piperazine rings is 1. The first kappa shape index (κ1) is 17.5. The monoisotopic (exact) mass is 322 g/mol. The van der Waals surface area contributed by atoms with E-state index in [1.54, 1.807) is 19.9 Å². The van der Waals surface area contributed by atoms with Crippen LogP contribution in [0.25, 0.3) is 0 Å². The topological polar surface area (TPSA) is 78.7 Å². The molecule has 0 aromatic carbocycles. The van der Waals surface area contributed by atoms with Gasteiger partial charge in [-0.25, -0.2) is 0 Å². The summed E-state index contributed by atoms with van der Waals surface area (Å²) >= 11 is 0. The third-order valence-electron chi connectivity index (χ3n) is 4.21. The lowest BCUT2D eigenvalue weighted by Crippen LogP contribution is -2.54. The van der Waals surface area contributed by atoms with Gasteiger partial charge in [0.05, 0.1) is 6.04 Å². The van der Waals surface area contributed by atoms with Crippen LogP contribution in [0.1, 0.15) is 38.9 Å². The first-order valence-corrected chi connectivity index (χ1v) is 8.25. The van der Waals surface area contributed by atoms with Crippen molar-refractivity contribution in [1.29, 1.82) is 0 Å². The van der Waals surface area contributed by atoms with E-state index >= 15 is 0 Å². The fraction of sp³-hybridized carbons (Fsp3) is 0.688. The molecule has 1 atom stereocenters. The number of carbonyl (C=O) groups is 2. The van der Waals surface area contributed by atoms with Crippen LogP contribution in [0.3, 0.4) is 0 Å². The maximum Gasteiger partial charge on any atom is 0.242 e. The average molecular weight is 322 g/mol. The van der Waals surface area contributed by atoms with Crippen LogP contribution in [0.4, 0.5) is 5.82 Å². The molecule has 2 heterocycles. The van der Waals surface area contributed by atoms with Crippen LogP contribution in [0, 0.1) is 6.92 Å². The van der Waals surface area contributed by atoms with E-state index in [0.29, 0.717) is 24.7 Å². The van der Waals surface area contributed by atoms with Crippen molar-refractivity contribution >= 4 is 17.6 Å². The molecule has 2 amide bonds. The molecule has 128 valence electrons. The Morgan fingerprint density at radius 1 is 1.35 bits per heavy atom. The Hall–Kier alpha value is -1.89. The van der Waals surface area contributed by atoms with E-state index in [0.717, 1.165) is 32.4 Å². The molecule has 1 aromatic rings. The van der Waals surface area contributed by atoms with E-state index in [1.165, 1.54) is 0 Å². The van der Waals surface area contributed by atoms with E-state index in [4.69, 9.17) is 4.52 Å². The van der Waals surface area contributed by atoms with Crippen molar-refractivity contribution < 1.29 is 14.1 Å². The molecule has 0 saturated carbocycles. The van der Waals surface area contributed by atoms with E-state index in [2.05, 4.69) is 22.3 Å². The summed E-state index contributed by atoms with van der Waals surface area (Å²) in [7, 11) is 0. The number of carbonyl (C=O) groups excluding carboxylic acids is 2. The molecule has 1 N–H and O–H groups in total. The van der Waals surface area contributed by atoms with Crippen LogP contribution in [-0.4, -0.2) is 59.0 Å². The van der Waals surface area contributed by atoms with E-state index in [9.17, 15) is 9.59 Å². The Morgan fingerprint density at radius 2 is 2.04 bits per heavy atom. The second kappa shape index (κ2) is 8.10. The zero-order valence-corrected chi connectivity index (χ0v) is 14.2. The van der Waals surface area contributed by atoms with Gasteiger partial charge in [0, 0.05) is 39.2 Å². The number of nitrogens with zero attached hydrogens (tertiary/aromatic N) is 3. The number of unbranched alkanes of at least 4 members (excludes halogenated alkanes) is 1. The highest BCUT2D eigenvalue weighted by Gasteiger charge is 2.29. The van der Waals surface area contributed by atoms with Crippen molar-refractivity contribution in [2.45, 2.75) is 46.1 Å². The van der Waals surface area contributed by atoms with Gasteiger partial charge in [-0.15, -0.1) is 0 Å².